The van der Waals surface area contributed by atoms with E-state index in [-0.39, 0.29) is 5.56 Å². The highest BCUT2D eigenvalue weighted by atomic mass is 19.1. The Bertz CT molecular complexity index is 1190. The third kappa shape index (κ3) is 4.48. The molecule has 0 unspecified atom stereocenters. The van der Waals surface area contributed by atoms with Crippen molar-refractivity contribution in [2.45, 2.75) is 51.9 Å². The summed E-state index contributed by atoms with van der Waals surface area (Å²) in [6, 6.07) is 14.9. The number of likely N-dealkylation sites (tertiary alicyclic amines) is 1. The van der Waals surface area contributed by atoms with Crippen molar-refractivity contribution in [3.05, 3.63) is 76.9 Å². The van der Waals surface area contributed by atoms with E-state index >= 15 is 0 Å². The zero-order valence-electron chi connectivity index (χ0n) is 19.8. The number of benzene rings is 2. The first kappa shape index (κ1) is 22.3. The second-order valence-corrected chi connectivity index (χ2v) is 9.86. The summed E-state index contributed by atoms with van der Waals surface area (Å²) in [5, 5.41) is 15.6. The summed E-state index contributed by atoms with van der Waals surface area (Å²) in [6.07, 6.45) is 9.60. The molecular formula is C28H30FN5. The molecule has 0 radical (unpaired) electrons. The summed E-state index contributed by atoms with van der Waals surface area (Å²) in [5.41, 5.74) is 3.19. The molecule has 0 atom stereocenters. The van der Waals surface area contributed by atoms with Gasteiger partial charge in [-0.15, -0.1) is 0 Å². The molecule has 1 aliphatic carbocycles. The normalized spacial score (nSPS) is 19.8. The molecule has 2 aromatic rings. The van der Waals surface area contributed by atoms with Crippen molar-refractivity contribution in [2.75, 3.05) is 18.1 Å². The molecule has 2 aliphatic heterocycles. The van der Waals surface area contributed by atoms with E-state index in [9.17, 15) is 9.65 Å². The van der Waals surface area contributed by atoms with Crippen molar-refractivity contribution in [3.8, 4) is 6.07 Å². The Morgan fingerprint density at radius 2 is 1.85 bits per heavy atom. The van der Waals surface area contributed by atoms with Gasteiger partial charge in [0, 0.05) is 24.7 Å². The molecule has 5 nitrogen and oxygen atoms in total. The number of halogens is 1. The second kappa shape index (κ2) is 9.06. The number of allylic oxidation sites excluding steroid dienone is 1. The molecule has 0 N–H and O–H groups in total. The van der Waals surface area contributed by atoms with E-state index in [0.29, 0.717) is 22.7 Å². The lowest BCUT2D eigenvalue weighted by Crippen LogP contribution is -2.38. The van der Waals surface area contributed by atoms with Crippen LogP contribution in [-0.4, -0.2) is 30.0 Å². The molecule has 2 aromatic carbocycles. The fourth-order valence-corrected chi connectivity index (χ4v) is 4.64. The average molecular weight is 456 g/mol. The highest BCUT2D eigenvalue weighted by Crippen LogP contribution is 2.40. The largest absolute Gasteiger partial charge is 0.356 e. The highest BCUT2D eigenvalue weighted by molar-refractivity contribution is 6.11. The minimum atomic E-state index is -0.554. The molecule has 174 valence electrons. The van der Waals surface area contributed by atoms with E-state index in [0.717, 1.165) is 37.4 Å². The summed E-state index contributed by atoms with van der Waals surface area (Å²) >= 11 is 0. The van der Waals surface area contributed by atoms with E-state index < -0.39 is 5.82 Å². The van der Waals surface area contributed by atoms with Crippen molar-refractivity contribution in [2.24, 2.45) is 15.5 Å². The SMILES string of the molecule is CCC1(C)CCN(C2=CC=NN(c3ccc(C4CC4)cc3)C(c3ccc(C#N)c(F)c3)=N2)CC1. The number of piperidine rings is 1. The van der Waals surface area contributed by atoms with Crippen LogP contribution in [0.1, 0.15) is 68.6 Å². The van der Waals surface area contributed by atoms with Crippen LogP contribution in [-0.2, 0) is 0 Å². The summed E-state index contributed by atoms with van der Waals surface area (Å²) in [5.74, 6) is 1.50. The fraction of sp³-hybridized carbons (Fsp3) is 0.393. The van der Waals surface area contributed by atoms with Crippen LogP contribution < -0.4 is 5.01 Å². The van der Waals surface area contributed by atoms with Crippen LogP contribution in [0.15, 0.2) is 64.5 Å². The standard InChI is InChI=1S/C28H30FN5/c1-3-28(2)13-16-33(17-14-28)26-12-15-31-34(24-10-8-21(9-11-24)20-4-5-20)27(32-26)22-6-7-23(19-30)25(29)18-22/h6-12,15,18,20H,3-5,13-14,16-17H2,1-2H3. The Morgan fingerprint density at radius 1 is 1.12 bits per heavy atom. The predicted octanol–water partition coefficient (Wildman–Crippen LogP) is 6.18. The second-order valence-electron chi connectivity index (χ2n) is 9.86. The molecule has 1 saturated heterocycles. The van der Waals surface area contributed by atoms with E-state index in [1.165, 1.54) is 37.0 Å². The fourth-order valence-electron chi connectivity index (χ4n) is 4.64. The lowest BCUT2D eigenvalue weighted by Gasteiger charge is -2.40. The monoisotopic (exact) mass is 455 g/mol. The van der Waals surface area contributed by atoms with Gasteiger partial charge in [-0.1, -0.05) is 32.4 Å². The Balaban J connectivity index is 1.51. The van der Waals surface area contributed by atoms with Crippen molar-refractivity contribution >= 4 is 17.7 Å². The van der Waals surface area contributed by atoms with Gasteiger partial charge in [0.05, 0.1) is 17.5 Å². The number of anilines is 1. The van der Waals surface area contributed by atoms with Crippen LogP contribution in [0, 0.1) is 22.6 Å². The van der Waals surface area contributed by atoms with Crippen LogP contribution in [0.5, 0.6) is 0 Å². The topological polar surface area (TPSA) is 55.0 Å². The number of rotatable bonds is 5. The molecule has 0 bridgehead atoms. The molecule has 1 saturated carbocycles. The lowest BCUT2D eigenvalue weighted by atomic mass is 9.78. The number of amidine groups is 1. The minimum absolute atomic E-state index is 0.0208. The Kier molecular flexibility index (Phi) is 5.95. The summed E-state index contributed by atoms with van der Waals surface area (Å²) in [7, 11) is 0. The molecule has 5 rings (SSSR count). The van der Waals surface area contributed by atoms with E-state index in [1.807, 2.05) is 12.1 Å². The first-order valence-electron chi connectivity index (χ1n) is 12.2. The van der Waals surface area contributed by atoms with Crippen LogP contribution >= 0.6 is 0 Å². The molecule has 0 spiro atoms. The van der Waals surface area contributed by atoms with Gasteiger partial charge in [0.15, 0.2) is 5.84 Å². The summed E-state index contributed by atoms with van der Waals surface area (Å²) < 4.78 is 14.6. The van der Waals surface area contributed by atoms with Gasteiger partial charge in [-0.05, 0) is 72.9 Å². The molecular weight excluding hydrogens is 425 g/mol. The molecule has 3 aliphatic rings. The number of hydrazone groups is 1. The molecule has 6 heteroatoms. The molecule has 2 heterocycles. The van der Waals surface area contributed by atoms with Crippen molar-refractivity contribution in [3.63, 3.8) is 0 Å². The summed E-state index contributed by atoms with van der Waals surface area (Å²) in [6.45, 7) is 6.47. The van der Waals surface area contributed by atoms with Gasteiger partial charge in [0.1, 0.15) is 17.7 Å². The number of aliphatic imine (C=N–C) groups is 1. The molecule has 34 heavy (non-hydrogen) atoms. The zero-order chi connectivity index (χ0) is 23.7. The van der Waals surface area contributed by atoms with Crippen LogP contribution in [0.3, 0.4) is 0 Å². The zero-order valence-corrected chi connectivity index (χ0v) is 19.8. The van der Waals surface area contributed by atoms with Crippen LogP contribution in [0.4, 0.5) is 10.1 Å². The van der Waals surface area contributed by atoms with Gasteiger partial charge < -0.3 is 4.90 Å². The Hall–Kier alpha value is -3.46. The van der Waals surface area contributed by atoms with E-state index in [4.69, 9.17) is 10.1 Å². The Labute approximate surface area is 200 Å². The minimum Gasteiger partial charge on any atom is -0.356 e. The first-order chi connectivity index (χ1) is 16.5. The van der Waals surface area contributed by atoms with Gasteiger partial charge in [0.2, 0.25) is 0 Å². The quantitative estimate of drug-likeness (QED) is 0.541. The lowest BCUT2D eigenvalue weighted by molar-refractivity contribution is 0.139. The van der Waals surface area contributed by atoms with E-state index in [2.05, 4.69) is 43.0 Å². The average Bonchev–Trinajstić information content (AvgIpc) is 3.72. The molecule has 0 amide bonds. The Morgan fingerprint density at radius 3 is 2.47 bits per heavy atom. The smallest absolute Gasteiger partial charge is 0.163 e. The van der Waals surface area contributed by atoms with Gasteiger partial charge in [-0.25, -0.2) is 14.4 Å². The van der Waals surface area contributed by atoms with Gasteiger partial charge in [0.25, 0.3) is 0 Å². The third-order valence-corrected chi connectivity index (χ3v) is 7.51. The van der Waals surface area contributed by atoms with Gasteiger partial charge >= 0.3 is 0 Å². The molecule has 0 aromatic heterocycles. The van der Waals surface area contributed by atoms with Crippen LogP contribution in [0.2, 0.25) is 0 Å². The maximum atomic E-state index is 14.6. The highest BCUT2D eigenvalue weighted by Gasteiger charge is 2.30. The number of hydrogen-bond donors (Lipinski definition) is 0. The number of nitriles is 1. The van der Waals surface area contributed by atoms with Gasteiger partial charge in [-0.3, -0.25) is 0 Å². The van der Waals surface area contributed by atoms with Crippen molar-refractivity contribution < 1.29 is 4.39 Å². The number of nitrogens with zero attached hydrogens (tertiary/aromatic N) is 5. The van der Waals surface area contributed by atoms with Gasteiger partial charge in [-0.2, -0.15) is 10.4 Å². The van der Waals surface area contributed by atoms with Crippen LogP contribution in [0.25, 0.3) is 0 Å². The van der Waals surface area contributed by atoms with Crippen molar-refractivity contribution in [1.82, 2.24) is 4.90 Å². The molecule has 2 fully saturated rings. The third-order valence-electron chi connectivity index (χ3n) is 7.51. The predicted molar refractivity (Wildman–Crippen MR) is 134 cm³/mol. The summed E-state index contributed by atoms with van der Waals surface area (Å²) in [4.78, 5) is 7.32. The van der Waals surface area contributed by atoms with E-state index in [1.54, 1.807) is 17.3 Å². The maximum absolute atomic E-state index is 14.6. The number of hydrogen-bond acceptors (Lipinski definition) is 5. The van der Waals surface area contributed by atoms with Crippen molar-refractivity contribution in [1.29, 1.82) is 5.26 Å². The first-order valence-corrected chi connectivity index (χ1v) is 12.2. The maximum Gasteiger partial charge on any atom is 0.163 e.